The summed E-state index contributed by atoms with van der Waals surface area (Å²) in [4.78, 5) is 39.7. The molecule has 190 valence electrons. The van der Waals surface area contributed by atoms with E-state index in [4.69, 9.17) is 14.2 Å². The van der Waals surface area contributed by atoms with Gasteiger partial charge in [0.2, 0.25) is 5.69 Å². The monoisotopic (exact) mass is 557 g/mol. The van der Waals surface area contributed by atoms with Crippen LogP contribution in [0.1, 0.15) is 53.7 Å². The molecule has 36 heavy (non-hydrogen) atoms. The highest BCUT2D eigenvalue weighted by Gasteiger charge is 2.21. The number of halogens is 1. The van der Waals surface area contributed by atoms with Gasteiger partial charge in [-0.2, -0.15) is 9.78 Å². The van der Waals surface area contributed by atoms with Crippen molar-refractivity contribution in [3.8, 4) is 22.9 Å². The second-order valence-corrected chi connectivity index (χ2v) is 9.78. The lowest BCUT2D eigenvalue weighted by atomic mass is 9.90. The van der Waals surface area contributed by atoms with Crippen molar-refractivity contribution in [1.29, 1.82) is 0 Å². The summed E-state index contributed by atoms with van der Waals surface area (Å²) in [6.45, 7) is 3.91. The quantitative estimate of drug-likeness (QED) is 0.413. The third-order valence-electron chi connectivity index (χ3n) is 6.23. The van der Waals surface area contributed by atoms with Crippen molar-refractivity contribution in [3.63, 3.8) is 0 Å². The minimum absolute atomic E-state index is 0.241. The van der Waals surface area contributed by atoms with Gasteiger partial charge in [0.25, 0.3) is 5.56 Å². The maximum absolute atomic E-state index is 12.6. The van der Waals surface area contributed by atoms with Crippen LogP contribution in [0.2, 0.25) is 0 Å². The molecule has 9 nitrogen and oxygen atoms in total. The molecule has 10 heteroatoms. The van der Waals surface area contributed by atoms with Gasteiger partial charge in [0, 0.05) is 0 Å². The summed E-state index contributed by atoms with van der Waals surface area (Å²) in [5.41, 5.74) is -0.227. The van der Waals surface area contributed by atoms with Crippen LogP contribution in [0.3, 0.4) is 0 Å². The predicted molar refractivity (Wildman–Crippen MR) is 138 cm³/mol. The summed E-state index contributed by atoms with van der Waals surface area (Å²) in [7, 11) is 1.59. The van der Waals surface area contributed by atoms with Gasteiger partial charge in [0.1, 0.15) is 17.2 Å². The zero-order chi connectivity index (χ0) is 25.8. The van der Waals surface area contributed by atoms with Gasteiger partial charge in [-0.15, -0.1) is 0 Å². The Kier molecular flexibility index (Phi) is 7.93. The number of hydrogen-bond donors (Lipinski definition) is 1. The molecule has 0 amide bonds. The van der Waals surface area contributed by atoms with E-state index in [1.165, 1.54) is 6.42 Å². The van der Waals surface area contributed by atoms with Crippen molar-refractivity contribution in [2.75, 3.05) is 13.7 Å². The lowest BCUT2D eigenvalue weighted by Gasteiger charge is -2.20. The molecule has 1 aliphatic carbocycles. The fraction of sp³-hybridized carbons (Fsp3) is 0.385. The molecule has 0 spiro atoms. The number of aromatic amines is 1. The van der Waals surface area contributed by atoms with Crippen LogP contribution in [0, 0.1) is 19.8 Å². The molecule has 0 aliphatic heterocycles. The Hall–Kier alpha value is -3.40. The maximum Gasteiger partial charge on any atom is 0.364 e. The highest BCUT2D eigenvalue weighted by atomic mass is 79.9. The Balaban J connectivity index is 1.59. The number of aryl methyl sites for hydroxylation is 2. The molecule has 0 atom stereocenters. The number of rotatable bonds is 7. The molecule has 1 saturated carbocycles. The highest BCUT2D eigenvalue weighted by Crippen LogP contribution is 2.34. The average molecular weight is 558 g/mol. The van der Waals surface area contributed by atoms with Gasteiger partial charge >= 0.3 is 11.7 Å². The van der Waals surface area contributed by atoms with Crippen LogP contribution < -0.4 is 20.7 Å². The third kappa shape index (κ3) is 5.70. The largest absolute Gasteiger partial charge is 0.496 e. The van der Waals surface area contributed by atoms with E-state index < -0.39 is 22.9 Å². The molecule has 1 heterocycles. The second-order valence-electron chi connectivity index (χ2n) is 8.93. The third-order valence-corrected chi connectivity index (χ3v) is 6.85. The molecule has 0 saturated heterocycles. The number of aromatic nitrogens is 3. The number of benzene rings is 2. The van der Waals surface area contributed by atoms with Crippen LogP contribution >= 0.6 is 15.9 Å². The molecular weight excluding hydrogens is 530 g/mol. The van der Waals surface area contributed by atoms with E-state index in [2.05, 4.69) is 26.0 Å². The van der Waals surface area contributed by atoms with Crippen molar-refractivity contribution < 1.29 is 19.0 Å². The van der Waals surface area contributed by atoms with Gasteiger partial charge in [-0.1, -0.05) is 19.3 Å². The lowest BCUT2D eigenvalue weighted by Crippen LogP contribution is -2.36. The van der Waals surface area contributed by atoms with E-state index in [-0.39, 0.29) is 12.5 Å². The number of H-pyrrole nitrogens is 1. The number of esters is 1. The fourth-order valence-corrected chi connectivity index (χ4v) is 4.88. The van der Waals surface area contributed by atoms with Gasteiger partial charge in [0.15, 0.2) is 0 Å². The molecule has 1 aliphatic rings. The zero-order valence-corrected chi connectivity index (χ0v) is 22.0. The molecule has 1 fully saturated rings. The predicted octanol–water partition coefficient (Wildman–Crippen LogP) is 4.84. The minimum atomic E-state index is -0.872. The zero-order valence-electron chi connectivity index (χ0n) is 20.4. The summed E-state index contributed by atoms with van der Waals surface area (Å²) in [5, 5.41) is 4.06. The lowest BCUT2D eigenvalue weighted by molar-refractivity contribution is 0.0398. The molecule has 4 rings (SSSR count). The topological polar surface area (TPSA) is 113 Å². The van der Waals surface area contributed by atoms with E-state index in [0.29, 0.717) is 22.9 Å². The number of nitrogens with one attached hydrogen (secondary N) is 1. The van der Waals surface area contributed by atoms with Crippen LogP contribution in [0.4, 0.5) is 0 Å². The Labute approximate surface area is 216 Å². The standard InChI is InChI=1S/C26H28BrN3O6/c1-15-11-18(12-16(2)23(15)36-19-9-10-21(34-3)20(27)13-19)30-26(33)28-24(31)22(29-30)25(32)35-14-17-7-5-4-6-8-17/h9-13,17H,4-8,14H2,1-3H3,(H,28,31,33). The molecular formula is C26H28BrN3O6. The Morgan fingerprint density at radius 3 is 2.44 bits per heavy atom. The summed E-state index contributed by atoms with van der Waals surface area (Å²) in [6, 6.07) is 8.77. The van der Waals surface area contributed by atoms with Crippen LogP contribution in [-0.4, -0.2) is 34.5 Å². The first kappa shape index (κ1) is 25.7. The molecule has 0 radical (unpaired) electrons. The number of methoxy groups -OCH3 is 1. The van der Waals surface area contributed by atoms with E-state index in [1.54, 1.807) is 37.4 Å². The summed E-state index contributed by atoms with van der Waals surface area (Å²) >= 11 is 3.45. The Morgan fingerprint density at radius 1 is 1.11 bits per heavy atom. The van der Waals surface area contributed by atoms with E-state index in [1.807, 2.05) is 13.8 Å². The normalized spacial score (nSPS) is 13.9. The van der Waals surface area contributed by atoms with Gasteiger partial charge < -0.3 is 14.2 Å². The number of carbonyl (C=O) groups is 1. The van der Waals surface area contributed by atoms with Gasteiger partial charge in [-0.3, -0.25) is 9.78 Å². The van der Waals surface area contributed by atoms with Crippen LogP contribution in [0.15, 0.2) is 44.4 Å². The highest BCUT2D eigenvalue weighted by molar-refractivity contribution is 9.10. The number of carbonyl (C=O) groups excluding carboxylic acids is 1. The number of nitrogens with zero attached hydrogens (tertiary/aromatic N) is 2. The molecule has 1 N–H and O–H groups in total. The smallest absolute Gasteiger partial charge is 0.364 e. The van der Waals surface area contributed by atoms with E-state index in [9.17, 15) is 14.4 Å². The first-order valence-electron chi connectivity index (χ1n) is 11.8. The Morgan fingerprint density at radius 2 is 1.81 bits per heavy atom. The molecule has 3 aromatic rings. The van der Waals surface area contributed by atoms with Gasteiger partial charge in [-0.25, -0.2) is 9.59 Å². The number of hydrogen-bond acceptors (Lipinski definition) is 7. The molecule has 2 aromatic carbocycles. The van der Waals surface area contributed by atoms with Crippen molar-refractivity contribution in [3.05, 3.63) is 72.5 Å². The SMILES string of the molecule is COc1ccc(Oc2c(C)cc(-n3nc(C(=O)OCC4CCCCC4)c(=O)[nH]c3=O)cc2C)cc1Br. The van der Waals surface area contributed by atoms with Gasteiger partial charge in [0.05, 0.1) is 23.9 Å². The first-order chi connectivity index (χ1) is 17.3. The molecule has 0 bridgehead atoms. The molecule has 0 unspecified atom stereocenters. The number of ether oxygens (including phenoxy) is 3. The van der Waals surface area contributed by atoms with Crippen molar-refractivity contribution in [1.82, 2.24) is 14.8 Å². The van der Waals surface area contributed by atoms with Crippen LogP contribution in [-0.2, 0) is 4.74 Å². The Bertz CT molecular complexity index is 1370. The average Bonchev–Trinajstić information content (AvgIpc) is 2.85. The molecule has 1 aromatic heterocycles. The van der Waals surface area contributed by atoms with E-state index >= 15 is 0 Å². The summed E-state index contributed by atoms with van der Waals surface area (Å²) in [6.07, 6.45) is 5.41. The first-order valence-corrected chi connectivity index (χ1v) is 12.6. The van der Waals surface area contributed by atoms with Gasteiger partial charge in [-0.05, 0) is 90.0 Å². The van der Waals surface area contributed by atoms with Crippen molar-refractivity contribution >= 4 is 21.9 Å². The fourth-order valence-electron chi connectivity index (χ4n) is 4.36. The van der Waals surface area contributed by atoms with Crippen LogP contribution in [0.25, 0.3) is 5.69 Å². The summed E-state index contributed by atoms with van der Waals surface area (Å²) < 4.78 is 18.5. The van der Waals surface area contributed by atoms with Crippen molar-refractivity contribution in [2.24, 2.45) is 5.92 Å². The van der Waals surface area contributed by atoms with E-state index in [0.717, 1.165) is 46.0 Å². The maximum atomic E-state index is 12.6. The van der Waals surface area contributed by atoms with Crippen molar-refractivity contribution in [2.45, 2.75) is 46.0 Å². The minimum Gasteiger partial charge on any atom is -0.496 e. The summed E-state index contributed by atoms with van der Waals surface area (Å²) in [5.74, 6) is 1.35. The van der Waals surface area contributed by atoms with Crippen LogP contribution in [0.5, 0.6) is 17.2 Å². The second kappa shape index (κ2) is 11.1.